The number of rotatable bonds is 6. The molecule has 4 heterocycles. The SMILES string of the molecule is C[C@@H]1C[C@H]2[C@@H]3CCC4=CC(=O)C=C[C@]4(C)C3=CC[C@]2(C)[C@@]1(O)C(=O)CN1CCN(c2cc(N3CCCC3)nc(N3CCCC3)n2)CC1. The average Bonchev–Trinajstić information content (AvgIpc) is 3.85. The maximum atomic E-state index is 14.3. The molecule has 0 aromatic carbocycles. The van der Waals surface area contributed by atoms with E-state index in [1.54, 1.807) is 6.08 Å². The van der Waals surface area contributed by atoms with Crippen LogP contribution in [0.3, 0.4) is 0 Å². The lowest BCUT2D eigenvalue weighted by Crippen LogP contribution is -2.60. The Kier molecular flexibility index (Phi) is 7.67. The molecule has 1 aromatic rings. The molecule has 9 heteroatoms. The van der Waals surface area contributed by atoms with Crippen molar-refractivity contribution < 1.29 is 14.7 Å². The molecule has 0 radical (unpaired) electrons. The van der Waals surface area contributed by atoms with Crippen molar-refractivity contribution in [2.45, 2.75) is 77.7 Å². The third-order valence-electron chi connectivity index (χ3n) is 13.5. The van der Waals surface area contributed by atoms with E-state index in [0.717, 1.165) is 89.2 Å². The van der Waals surface area contributed by atoms with Gasteiger partial charge in [-0.2, -0.15) is 9.97 Å². The first-order valence-corrected chi connectivity index (χ1v) is 18.4. The minimum atomic E-state index is -1.35. The number of hydrogen-bond donors (Lipinski definition) is 1. The molecular formula is C38H52N6O3. The summed E-state index contributed by atoms with van der Waals surface area (Å²) < 4.78 is 0. The molecule has 8 rings (SSSR count). The van der Waals surface area contributed by atoms with Crippen LogP contribution in [0.15, 0.2) is 41.5 Å². The zero-order valence-corrected chi connectivity index (χ0v) is 28.6. The number of nitrogens with zero attached hydrogens (tertiary/aromatic N) is 6. The van der Waals surface area contributed by atoms with E-state index < -0.39 is 11.0 Å². The molecule has 0 unspecified atom stereocenters. The molecule has 1 aromatic heterocycles. The van der Waals surface area contributed by atoms with Crippen LogP contribution >= 0.6 is 0 Å². The Labute approximate surface area is 279 Å². The molecule has 9 nitrogen and oxygen atoms in total. The predicted molar refractivity (Wildman–Crippen MR) is 185 cm³/mol. The number of fused-ring (bicyclic) bond motifs is 5. The number of anilines is 3. The average molecular weight is 641 g/mol. The Morgan fingerprint density at radius 2 is 1.57 bits per heavy atom. The second-order valence-electron chi connectivity index (χ2n) is 16.0. The summed E-state index contributed by atoms with van der Waals surface area (Å²) in [6, 6.07) is 2.17. The molecule has 2 saturated carbocycles. The van der Waals surface area contributed by atoms with Crippen LogP contribution in [-0.4, -0.2) is 96.0 Å². The monoisotopic (exact) mass is 640 g/mol. The van der Waals surface area contributed by atoms with Gasteiger partial charge in [-0.25, -0.2) is 0 Å². The van der Waals surface area contributed by atoms with Crippen molar-refractivity contribution in [1.29, 1.82) is 0 Å². The third kappa shape index (κ3) is 4.93. The van der Waals surface area contributed by atoms with Gasteiger partial charge in [0, 0.05) is 69.3 Å². The number of carbonyl (C=O) groups is 2. The highest BCUT2D eigenvalue weighted by Gasteiger charge is 2.67. The minimum absolute atomic E-state index is 0.0132. The van der Waals surface area contributed by atoms with E-state index in [1.807, 2.05) is 6.08 Å². The second-order valence-corrected chi connectivity index (χ2v) is 16.0. The lowest BCUT2D eigenvalue weighted by molar-refractivity contribution is -0.159. The molecule has 0 amide bonds. The van der Waals surface area contributed by atoms with Crippen molar-refractivity contribution in [3.63, 3.8) is 0 Å². The molecule has 7 aliphatic rings. The van der Waals surface area contributed by atoms with Crippen molar-refractivity contribution >= 4 is 29.2 Å². The van der Waals surface area contributed by atoms with Gasteiger partial charge in [-0.3, -0.25) is 14.5 Å². The second kappa shape index (κ2) is 11.5. The highest BCUT2D eigenvalue weighted by Crippen LogP contribution is 2.66. The van der Waals surface area contributed by atoms with E-state index in [0.29, 0.717) is 12.3 Å². The zero-order chi connectivity index (χ0) is 32.6. The number of hydrogen-bond acceptors (Lipinski definition) is 9. The van der Waals surface area contributed by atoms with Crippen LogP contribution in [0, 0.1) is 28.6 Å². The van der Waals surface area contributed by atoms with Crippen LogP contribution in [0.4, 0.5) is 17.6 Å². The number of piperazine rings is 1. The van der Waals surface area contributed by atoms with Crippen LogP contribution in [-0.2, 0) is 9.59 Å². The predicted octanol–water partition coefficient (Wildman–Crippen LogP) is 4.57. The van der Waals surface area contributed by atoms with Crippen molar-refractivity contribution in [3.8, 4) is 0 Å². The number of allylic oxidation sites excluding steroid dienone is 6. The quantitative estimate of drug-likeness (QED) is 0.449. The van der Waals surface area contributed by atoms with E-state index >= 15 is 0 Å². The van der Waals surface area contributed by atoms with Crippen molar-refractivity contribution in [2.75, 3.05) is 73.6 Å². The van der Waals surface area contributed by atoms with Gasteiger partial charge in [0.2, 0.25) is 5.95 Å². The highest BCUT2D eigenvalue weighted by molar-refractivity contribution is 6.01. The van der Waals surface area contributed by atoms with Crippen LogP contribution in [0.1, 0.15) is 72.1 Å². The van der Waals surface area contributed by atoms with Gasteiger partial charge in [0.05, 0.1) is 6.54 Å². The van der Waals surface area contributed by atoms with Gasteiger partial charge in [-0.15, -0.1) is 0 Å². The van der Waals surface area contributed by atoms with Crippen LogP contribution in [0.5, 0.6) is 0 Å². The summed E-state index contributed by atoms with van der Waals surface area (Å²) in [6.45, 7) is 14.1. The van der Waals surface area contributed by atoms with Gasteiger partial charge < -0.3 is 19.8 Å². The fraction of sp³-hybridized carbons (Fsp3) is 0.684. The first-order valence-electron chi connectivity index (χ1n) is 18.4. The van der Waals surface area contributed by atoms with Crippen molar-refractivity contribution in [2.24, 2.45) is 28.6 Å². The van der Waals surface area contributed by atoms with Gasteiger partial charge in [-0.05, 0) is 88.2 Å². The van der Waals surface area contributed by atoms with E-state index in [4.69, 9.17) is 9.97 Å². The van der Waals surface area contributed by atoms with E-state index in [-0.39, 0.29) is 35.4 Å². The van der Waals surface area contributed by atoms with Crippen LogP contribution in [0.2, 0.25) is 0 Å². The summed E-state index contributed by atoms with van der Waals surface area (Å²) in [4.78, 5) is 45.9. The topological polar surface area (TPSA) is 93.1 Å². The number of ketones is 2. The molecule has 5 fully saturated rings. The fourth-order valence-corrected chi connectivity index (χ4v) is 10.7. The lowest BCUT2D eigenvalue weighted by Gasteiger charge is -2.54. The normalized spacial score (nSPS) is 37.1. The molecule has 1 N–H and O–H groups in total. The molecule has 252 valence electrons. The maximum Gasteiger partial charge on any atom is 0.229 e. The fourth-order valence-electron chi connectivity index (χ4n) is 10.7. The Morgan fingerprint density at radius 3 is 2.26 bits per heavy atom. The number of aromatic nitrogens is 2. The minimum Gasteiger partial charge on any atom is -0.381 e. The summed E-state index contributed by atoms with van der Waals surface area (Å²) in [5, 5.41) is 12.5. The number of aliphatic hydroxyl groups is 1. The molecule has 0 bridgehead atoms. The molecule has 6 atom stereocenters. The summed E-state index contributed by atoms with van der Waals surface area (Å²) in [6.07, 6.45) is 16.2. The van der Waals surface area contributed by atoms with Crippen LogP contribution < -0.4 is 14.7 Å². The number of Topliss-reactive ketones (excluding diaryl/α,β-unsaturated/α-hetero) is 1. The molecule has 0 spiro atoms. The van der Waals surface area contributed by atoms with Gasteiger partial charge in [0.25, 0.3) is 0 Å². The van der Waals surface area contributed by atoms with Gasteiger partial charge >= 0.3 is 0 Å². The Bertz CT molecular complexity index is 1500. The van der Waals surface area contributed by atoms with Gasteiger partial charge in [0.1, 0.15) is 17.2 Å². The van der Waals surface area contributed by atoms with Crippen LogP contribution in [0.25, 0.3) is 0 Å². The summed E-state index contributed by atoms with van der Waals surface area (Å²) in [5.74, 6) is 3.45. The molecular weight excluding hydrogens is 588 g/mol. The summed E-state index contributed by atoms with van der Waals surface area (Å²) in [7, 11) is 0. The maximum absolute atomic E-state index is 14.3. The summed E-state index contributed by atoms with van der Waals surface area (Å²) in [5.41, 5.74) is 0.541. The first kappa shape index (κ1) is 31.2. The Hall–Kier alpha value is -3.04. The van der Waals surface area contributed by atoms with Gasteiger partial charge in [-0.1, -0.05) is 37.1 Å². The zero-order valence-electron chi connectivity index (χ0n) is 28.6. The summed E-state index contributed by atoms with van der Waals surface area (Å²) >= 11 is 0. The Balaban J connectivity index is 0.969. The molecule has 3 saturated heterocycles. The lowest BCUT2D eigenvalue weighted by atomic mass is 9.51. The third-order valence-corrected chi connectivity index (χ3v) is 13.5. The van der Waals surface area contributed by atoms with E-state index in [9.17, 15) is 14.7 Å². The number of carbonyl (C=O) groups excluding carboxylic acids is 2. The molecule has 4 aliphatic carbocycles. The Morgan fingerprint density at radius 1 is 0.936 bits per heavy atom. The molecule has 3 aliphatic heterocycles. The first-order chi connectivity index (χ1) is 22.6. The smallest absolute Gasteiger partial charge is 0.229 e. The van der Waals surface area contributed by atoms with Crippen molar-refractivity contribution in [1.82, 2.24) is 14.9 Å². The largest absolute Gasteiger partial charge is 0.381 e. The highest BCUT2D eigenvalue weighted by atomic mass is 16.3. The van der Waals surface area contributed by atoms with Crippen molar-refractivity contribution in [3.05, 3.63) is 41.5 Å². The standard InChI is InChI=1S/C38H52N6O3/c1-26-22-31-29-9-8-27-23-28(45)10-12-36(27,2)30(29)11-13-37(31,3)38(26,47)32(46)25-41-18-20-43(21-19-41)34-24-33(42-14-4-5-15-42)39-35(40-34)44-16-6-7-17-44/h10-12,23-24,26,29,31,47H,4-9,13-22,25H2,1-3H3/t26-,29-,31+,36+,37+,38+/m1/s1. The van der Waals surface area contributed by atoms with E-state index in [1.165, 1.54) is 36.8 Å². The van der Waals surface area contributed by atoms with Gasteiger partial charge in [0.15, 0.2) is 11.6 Å². The van der Waals surface area contributed by atoms with E-state index in [2.05, 4.69) is 58.6 Å². The molecule has 47 heavy (non-hydrogen) atoms.